The molecule has 3 heterocycles. The Morgan fingerprint density at radius 3 is 2.37 bits per heavy atom. The summed E-state index contributed by atoms with van der Waals surface area (Å²) in [6, 6.07) is 7.56. The molecule has 2 aromatic rings. The Kier molecular flexibility index (Phi) is 4.88. The molecule has 6 heteroatoms. The third kappa shape index (κ3) is 3.70. The number of hydrogen-bond donors (Lipinski definition) is 0. The lowest BCUT2D eigenvalue weighted by atomic mass is 10.0. The van der Waals surface area contributed by atoms with E-state index in [4.69, 9.17) is 4.74 Å². The van der Waals surface area contributed by atoms with Gasteiger partial charge in [0.15, 0.2) is 0 Å². The molecular formula is C21H25N3O3. The van der Waals surface area contributed by atoms with Crippen LogP contribution in [0.4, 0.5) is 0 Å². The van der Waals surface area contributed by atoms with Gasteiger partial charge < -0.3 is 19.1 Å². The highest BCUT2D eigenvalue weighted by molar-refractivity contribution is 5.95. The normalized spacial score (nSPS) is 17.1. The van der Waals surface area contributed by atoms with E-state index in [0.29, 0.717) is 37.3 Å². The first-order valence-electron chi connectivity index (χ1n) is 9.58. The van der Waals surface area contributed by atoms with E-state index in [2.05, 4.69) is 0 Å². The lowest BCUT2D eigenvalue weighted by Gasteiger charge is -2.23. The number of carbonyl (C=O) groups is 2. The van der Waals surface area contributed by atoms with E-state index in [-0.39, 0.29) is 11.8 Å². The molecule has 2 aliphatic heterocycles. The zero-order chi connectivity index (χ0) is 18.8. The molecule has 0 bridgehead atoms. The number of aromatic nitrogens is 1. The van der Waals surface area contributed by atoms with Gasteiger partial charge in [0, 0.05) is 51.2 Å². The fraction of sp³-hybridized carbons (Fsp3) is 0.429. The van der Waals surface area contributed by atoms with Gasteiger partial charge in [-0.1, -0.05) is 0 Å². The van der Waals surface area contributed by atoms with Crippen molar-refractivity contribution < 1.29 is 14.3 Å². The van der Waals surface area contributed by atoms with Crippen molar-refractivity contribution in [1.82, 2.24) is 14.4 Å². The van der Waals surface area contributed by atoms with Crippen LogP contribution in [0, 0.1) is 0 Å². The second kappa shape index (κ2) is 7.47. The summed E-state index contributed by atoms with van der Waals surface area (Å²) >= 11 is 0. The van der Waals surface area contributed by atoms with Crippen molar-refractivity contribution in [3.05, 3.63) is 53.3 Å². The standard InChI is InChI=1S/C21H25N3O3/c1-22-10-7-18(15-22)21(26)24-9-3-8-23(11-12-24)20(25)17-5-6-19-16(14-17)4-2-13-27-19/h5-7,10,14-15H,2-4,8-9,11-13H2,1H3. The number of amides is 2. The number of benzene rings is 1. The summed E-state index contributed by atoms with van der Waals surface area (Å²) in [5.41, 5.74) is 2.52. The number of hydrogen-bond acceptors (Lipinski definition) is 3. The summed E-state index contributed by atoms with van der Waals surface area (Å²) in [6.07, 6.45) is 6.45. The first-order valence-corrected chi connectivity index (χ1v) is 9.58. The summed E-state index contributed by atoms with van der Waals surface area (Å²) < 4.78 is 7.51. The van der Waals surface area contributed by atoms with Gasteiger partial charge in [0.05, 0.1) is 12.2 Å². The fourth-order valence-electron chi connectivity index (χ4n) is 3.81. The molecule has 2 amide bonds. The van der Waals surface area contributed by atoms with Crippen LogP contribution in [0.2, 0.25) is 0 Å². The molecule has 0 radical (unpaired) electrons. The highest BCUT2D eigenvalue weighted by Crippen LogP contribution is 2.26. The molecule has 1 fully saturated rings. The Morgan fingerprint density at radius 2 is 1.67 bits per heavy atom. The maximum atomic E-state index is 13.0. The number of nitrogens with zero attached hydrogens (tertiary/aromatic N) is 3. The molecule has 0 atom stereocenters. The molecule has 6 nitrogen and oxygen atoms in total. The van der Waals surface area contributed by atoms with E-state index in [1.165, 1.54) is 0 Å². The van der Waals surface area contributed by atoms with E-state index >= 15 is 0 Å². The second-order valence-electron chi connectivity index (χ2n) is 7.28. The van der Waals surface area contributed by atoms with Gasteiger partial charge in [-0.25, -0.2) is 0 Å². The van der Waals surface area contributed by atoms with Crippen LogP contribution < -0.4 is 4.74 Å². The van der Waals surface area contributed by atoms with Crippen LogP contribution in [0.25, 0.3) is 0 Å². The Labute approximate surface area is 159 Å². The van der Waals surface area contributed by atoms with E-state index < -0.39 is 0 Å². The van der Waals surface area contributed by atoms with Crippen LogP contribution >= 0.6 is 0 Å². The largest absolute Gasteiger partial charge is 0.493 e. The zero-order valence-corrected chi connectivity index (χ0v) is 15.7. The molecule has 2 aliphatic rings. The lowest BCUT2D eigenvalue weighted by Crippen LogP contribution is -2.37. The number of rotatable bonds is 2. The third-order valence-electron chi connectivity index (χ3n) is 5.30. The van der Waals surface area contributed by atoms with Gasteiger partial charge in [0.2, 0.25) is 0 Å². The first-order chi connectivity index (χ1) is 13.1. The van der Waals surface area contributed by atoms with Gasteiger partial charge >= 0.3 is 0 Å². The lowest BCUT2D eigenvalue weighted by molar-refractivity contribution is 0.0718. The van der Waals surface area contributed by atoms with Crippen LogP contribution in [0.5, 0.6) is 5.75 Å². The predicted molar refractivity (Wildman–Crippen MR) is 102 cm³/mol. The number of aryl methyl sites for hydroxylation is 2. The summed E-state index contributed by atoms with van der Waals surface area (Å²) in [5.74, 6) is 0.974. The van der Waals surface area contributed by atoms with Gasteiger partial charge in [-0.3, -0.25) is 9.59 Å². The molecule has 0 aliphatic carbocycles. The van der Waals surface area contributed by atoms with E-state index in [1.807, 2.05) is 58.1 Å². The quantitative estimate of drug-likeness (QED) is 0.819. The molecule has 0 saturated carbocycles. The van der Waals surface area contributed by atoms with Crippen LogP contribution in [0.15, 0.2) is 36.7 Å². The van der Waals surface area contributed by atoms with Crippen molar-refractivity contribution in [1.29, 1.82) is 0 Å². The highest BCUT2D eigenvalue weighted by Gasteiger charge is 2.24. The van der Waals surface area contributed by atoms with Gasteiger partial charge in [0.25, 0.3) is 11.8 Å². The molecule has 0 spiro atoms. The van der Waals surface area contributed by atoms with E-state index in [0.717, 1.165) is 37.2 Å². The van der Waals surface area contributed by atoms with Crippen LogP contribution in [0.3, 0.4) is 0 Å². The highest BCUT2D eigenvalue weighted by atomic mass is 16.5. The monoisotopic (exact) mass is 367 g/mol. The third-order valence-corrected chi connectivity index (χ3v) is 5.30. The molecule has 1 aromatic carbocycles. The second-order valence-corrected chi connectivity index (χ2v) is 7.28. The average molecular weight is 367 g/mol. The molecule has 1 aromatic heterocycles. The predicted octanol–water partition coefficient (Wildman–Crippen LogP) is 2.34. The Balaban J connectivity index is 1.43. The van der Waals surface area contributed by atoms with Crippen LogP contribution in [0.1, 0.15) is 39.1 Å². The Morgan fingerprint density at radius 1 is 0.926 bits per heavy atom. The Hall–Kier alpha value is -2.76. The molecule has 1 saturated heterocycles. The molecule has 0 N–H and O–H groups in total. The van der Waals surface area contributed by atoms with E-state index in [9.17, 15) is 9.59 Å². The fourth-order valence-corrected chi connectivity index (χ4v) is 3.81. The smallest absolute Gasteiger partial charge is 0.255 e. The van der Waals surface area contributed by atoms with Crippen molar-refractivity contribution in [2.45, 2.75) is 19.3 Å². The van der Waals surface area contributed by atoms with Gasteiger partial charge in [-0.2, -0.15) is 0 Å². The zero-order valence-electron chi connectivity index (χ0n) is 15.7. The maximum absolute atomic E-state index is 13.0. The van der Waals surface area contributed by atoms with Crippen molar-refractivity contribution in [3.8, 4) is 5.75 Å². The molecule has 4 rings (SSSR count). The maximum Gasteiger partial charge on any atom is 0.255 e. The Bertz CT molecular complexity index is 858. The summed E-state index contributed by atoms with van der Waals surface area (Å²) in [7, 11) is 1.91. The molecule has 0 unspecified atom stereocenters. The minimum Gasteiger partial charge on any atom is -0.493 e. The van der Waals surface area contributed by atoms with Crippen molar-refractivity contribution in [2.75, 3.05) is 32.8 Å². The molecule has 27 heavy (non-hydrogen) atoms. The minimum atomic E-state index is 0.0378. The van der Waals surface area contributed by atoms with Gasteiger partial charge in [-0.15, -0.1) is 0 Å². The topological polar surface area (TPSA) is 54.8 Å². The SMILES string of the molecule is Cn1ccc(C(=O)N2CCCN(C(=O)c3ccc4c(c3)CCCO4)CC2)c1. The van der Waals surface area contributed by atoms with Gasteiger partial charge in [0.1, 0.15) is 5.75 Å². The first kappa shape index (κ1) is 17.6. The molecular weight excluding hydrogens is 342 g/mol. The van der Waals surface area contributed by atoms with Crippen LogP contribution in [-0.2, 0) is 13.5 Å². The number of fused-ring (bicyclic) bond motifs is 1. The number of ether oxygens (including phenoxy) is 1. The van der Waals surface area contributed by atoms with Crippen molar-refractivity contribution >= 4 is 11.8 Å². The van der Waals surface area contributed by atoms with Crippen molar-refractivity contribution in [2.24, 2.45) is 7.05 Å². The summed E-state index contributed by atoms with van der Waals surface area (Å²) in [4.78, 5) is 29.3. The number of carbonyl (C=O) groups excluding carboxylic acids is 2. The average Bonchev–Trinajstić information content (AvgIpc) is 2.98. The van der Waals surface area contributed by atoms with Crippen molar-refractivity contribution in [3.63, 3.8) is 0 Å². The van der Waals surface area contributed by atoms with E-state index in [1.54, 1.807) is 0 Å². The van der Waals surface area contributed by atoms with Gasteiger partial charge in [-0.05, 0) is 49.1 Å². The summed E-state index contributed by atoms with van der Waals surface area (Å²) in [5, 5.41) is 0. The minimum absolute atomic E-state index is 0.0378. The van der Waals surface area contributed by atoms with Crippen LogP contribution in [-0.4, -0.2) is 59.0 Å². The summed E-state index contributed by atoms with van der Waals surface area (Å²) in [6.45, 7) is 3.22. The molecule has 142 valence electrons.